The van der Waals surface area contributed by atoms with E-state index in [1.54, 1.807) is 6.20 Å². The number of hydrogen-bond donors (Lipinski definition) is 1. The van der Waals surface area contributed by atoms with E-state index in [1.807, 2.05) is 16.8 Å². The van der Waals surface area contributed by atoms with Gasteiger partial charge >= 0.3 is 0 Å². The normalized spacial score (nSPS) is 10.1. The van der Waals surface area contributed by atoms with Gasteiger partial charge < -0.3 is 5.32 Å². The lowest BCUT2D eigenvalue weighted by Crippen LogP contribution is -2.05. The average molecular weight is 213 g/mol. The van der Waals surface area contributed by atoms with Gasteiger partial charge in [-0.3, -0.25) is 4.57 Å². The summed E-state index contributed by atoms with van der Waals surface area (Å²) < 4.78 is 2.02. The fourth-order valence-electron chi connectivity index (χ4n) is 1.51. The Morgan fingerprint density at radius 1 is 1.38 bits per heavy atom. The topological polar surface area (TPSA) is 29.9 Å². The Labute approximate surface area is 95.4 Å². The van der Waals surface area contributed by atoms with Gasteiger partial charge in [-0.05, 0) is 19.1 Å². The lowest BCUT2D eigenvalue weighted by molar-refractivity contribution is 1.04. The zero-order valence-corrected chi connectivity index (χ0v) is 9.35. The molecule has 0 saturated heterocycles. The van der Waals surface area contributed by atoms with E-state index < -0.39 is 0 Å². The molecule has 3 heteroatoms. The predicted molar refractivity (Wildman–Crippen MR) is 67.0 cm³/mol. The zero-order chi connectivity index (χ0) is 11.4. The van der Waals surface area contributed by atoms with Gasteiger partial charge in [0, 0.05) is 24.6 Å². The Balaban J connectivity index is 2.29. The minimum Gasteiger partial charge on any atom is -0.352 e. The summed E-state index contributed by atoms with van der Waals surface area (Å²) in [5.74, 6) is 0.837. The first-order valence-corrected chi connectivity index (χ1v) is 5.26. The molecular formula is C13H15N3. The molecule has 82 valence electrons. The number of hydrogen-bond acceptors (Lipinski definition) is 2. The van der Waals surface area contributed by atoms with Gasteiger partial charge in [-0.1, -0.05) is 23.8 Å². The quantitative estimate of drug-likeness (QED) is 0.791. The van der Waals surface area contributed by atoms with Crippen molar-refractivity contribution in [3.05, 3.63) is 54.9 Å². The molecule has 0 fully saturated rings. The van der Waals surface area contributed by atoms with Crippen molar-refractivity contribution in [3.63, 3.8) is 0 Å². The van der Waals surface area contributed by atoms with Crippen LogP contribution in [0.1, 0.15) is 5.56 Å². The van der Waals surface area contributed by atoms with Crippen molar-refractivity contribution in [2.75, 3.05) is 11.9 Å². The van der Waals surface area contributed by atoms with Gasteiger partial charge in [0.25, 0.3) is 0 Å². The second-order valence-corrected chi connectivity index (χ2v) is 3.63. The first-order chi connectivity index (χ1) is 7.81. The van der Waals surface area contributed by atoms with E-state index in [2.05, 4.69) is 48.1 Å². The van der Waals surface area contributed by atoms with Gasteiger partial charge in [0.05, 0.1) is 0 Å². The fraction of sp³-hybridized carbons (Fsp3) is 0.154. The maximum Gasteiger partial charge on any atom is 0.207 e. The Kier molecular flexibility index (Phi) is 3.05. The van der Waals surface area contributed by atoms with Crippen molar-refractivity contribution in [2.45, 2.75) is 6.92 Å². The number of aryl methyl sites for hydroxylation is 1. The minimum absolute atomic E-state index is 0.711. The summed E-state index contributed by atoms with van der Waals surface area (Å²) in [6.45, 7) is 6.46. The van der Waals surface area contributed by atoms with Crippen LogP contribution in [0.3, 0.4) is 0 Å². The largest absolute Gasteiger partial charge is 0.352 e. The SMILES string of the molecule is C=CCNc1nccn1-c1ccc(C)cc1. The first-order valence-electron chi connectivity index (χ1n) is 5.26. The van der Waals surface area contributed by atoms with Crippen LogP contribution in [0.5, 0.6) is 0 Å². The third-order valence-electron chi connectivity index (χ3n) is 2.36. The second kappa shape index (κ2) is 4.66. The summed E-state index contributed by atoms with van der Waals surface area (Å²) in [5, 5.41) is 3.19. The van der Waals surface area contributed by atoms with Crippen molar-refractivity contribution in [3.8, 4) is 5.69 Å². The average Bonchev–Trinajstić information content (AvgIpc) is 2.75. The van der Waals surface area contributed by atoms with E-state index >= 15 is 0 Å². The van der Waals surface area contributed by atoms with Crippen LogP contribution in [0.4, 0.5) is 5.95 Å². The molecule has 0 radical (unpaired) electrons. The third-order valence-corrected chi connectivity index (χ3v) is 2.36. The monoisotopic (exact) mass is 213 g/mol. The van der Waals surface area contributed by atoms with Crippen molar-refractivity contribution in [1.29, 1.82) is 0 Å². The zero-order valence-electron chi connectivity index (χ0n) is 9.35. The molecular weight excluding hydrogens is 198 g/mol. The standard InChI is InChI=1S/C13H15N3/c1-3-8-14-13-15-9-10-16(13)12-6-4-11(2)5-7-12/h3-7,9-10H,1,8H2,2H3,(H,14,15). The highest BCUT2D eigenvalue weighted by molar-refractivity contribution is 5.42. The summed E-state index contributed by atoms with van der Waals surface area (Å²) in [4.78, 5) is 4.26. The molecule has 0 aliphatic carbocycles. The molecule has 1 heterocycles. The molecule has 0 saturated carbocycles. The van der Waals surface area contributed by atoms with Crippen molar-refractivity contribution < 1.29 is 0 Å². The lowest BCUT2D eigenvalue weighted by Gasteiger charge is -2.08. The molecule has 2 aromatic rings. The van der Waals surface area contributed by atoms with E-state index in [9.17, 15) is 0 Å². The summed E-state index contributed by atoms with van der Waals surface area (Å²) in [7, 11) is 0. The van der Waals surface area contributed by atoms with Crippen LogP contribution >= 0.6 is 0 Å². The molecule has 0 spiro atoms. The smallest absolute Gasteiger partial charge is 0.207 e. The number of imidazole rings is 1. The fourth-order valence-corrected chi connectivity index (χ4v) is 1.51. The summed E-state index contributed by atoms with van der Waals surface area (Å²) >= 11 is 0. The molecule has 1 aromatic heterocycles. The molecule has 1 aromatic carbocycles. The lowest BCUT2D eigenvalue weighted by atomic mass is 10.2. The molecule has 1 N–H and O–H groups in total. The number of nitrogens with zero attached hydrogens (tertiary/aromatic N) is 2. The summed E-state index contributed by atoms with van der Waals surface area (Å²) in [5.41, 5.74) is 2.36. The van der Waals surface area contributed by atoms with Crippen LogP contribution in [0.15, 0.2) is 49.3 Å². The Hall–Kier alpha value is -2.03. The molecule has 0 aliphatic heterocycles. The summed E-state index contributed by atoms with van der Waals surface area (Å²) in [6.07, 6.45) is 5.54. The number of nitrogens with one attached hydrogen (secondary N) is 1. The molecule has 0 amide bonds. The number of benzene rings is 1. The Morgan fingerprint density at radius 2 is 2.12 bits per heavy atom. The minimum atomic E-state index is 0.711. The van der Waals surface area contributed by atoms with Crippen molar-refractivity contribution >= 4 is 5.95 Å². The van der Waals surface area contributed by atoms with Crippen LogP contribution in [-0.4, -0.2) is 16.1 Å². The molecule has 0 bridgehead atoms. The van der Waals surface area contributed by atoms with Gasteiger partial charge in [-0.15, -0.1) is 6.58 Å². The van der Waals surface area contributed by atoms with Gasteiger partial charge in [-0.2, -0.15) is 0 Å². The van der Waals surface area contributed by atoms with E-state index in [0.29, 0.717) is 6.54 Å². The maximum absolute atomic E-state index is 4.26. The number of anilines is 1. The van der Waals surface area contributed by atoms with Crippen LogP contribution < -0.4 is 5.32 Å². The molecule has 3 nitrogen and oxygen atoms in total. The molecule has 16 heavy (non-hydrogen) atoms. The molecule has 0 unspecified atom stereocenters. The highest BCUT2D eigenvalue weighted by Crippen LogP contribution is 2.14. The van der Waals surface area contributed by atoms with Gasteiger partial charge in [0.15, 0.2) is 0 Å². The Morgan fingerprint density at radius 3 is 2.81 bits per heavy atom. The van der Waals surface area contributed by atoms with Crippen LogP contribution in [0, 0.1) is 6.92 Å². The maximum atomic E-state index is 4.26. The highest BCUT2D eigenvalue weighted by atomic mass is 15.2. The first kappa shape index (κ1) is 10.5. The molecule has 0 aliphatic rings. The second-order valence-electron chi connectivity index (χ2n) is 3.63. The van der Waals surface area contributed by atoms with Crippen molar-refractivity contribution in [2.24, 2.45) is 0 Å². The van der Waals surface area contributed by atoms with Crippen molar-refractivity contribution in [1.82, 2.24) is 9.55 Å². The van der Waals surface area contributed by atoms with Gasteiger partial charge in [0.2, 0.25) is 5.95 Å². The Bertz CT molecular complexity index is 468. The number of aromatic nitrogens is 2. The van der Waals surface area contributed by atoms with E-state index in [-0.39, 0.29) is 0 Å². The molecule has 2 rings (SSSR count). The molecule has 0 atom stereocenters. The van der Waals surface area contributed by atoms with Crippen LogP contribution in [0.25, 0.3) is 5.69 Å². The van der Waals surface area contributed by atoms with E-state index in [4.69, 9.17) is 0 Å². The third kappa shape index (κ3) is 2.14. The van der Waals surface area contributed by atoms with Crippen LogP contribution in [-0.2, 0) is 0 Å². The predicted octanol–water partition coefficient (Wildman–Crippen LogP) is 2.78. The number of rotatable bonds is 4. The van der Waals surface area contributed by atoms with E-state index in [0.717, 1.165) is 11.6 Å². The van der Waals surface area contributed by atoms with Gasteiger partial charge in [0.1, 0.15) is 0 Å². The summed E-state index contributed by atoms with van der Waals surface area (Å²) in [6, 6.07) is 8.34. The van der Waals surface area contributed by atoms with Gasteiger partial charge in [-0.25, -0.2) is 4.98 Å². The van der Waals surface area contributed by atoms with E-state index in [1.165, 1.54) is 5.56 Å². The van der Waals surface area contributed by atoms with Crippen LogP contribution in [0.2, 0.25) is 0 Å². The highest BCUT2D eigenvalue weighted by Gasteiger charge is 2.02.